The number of nitrogens with one attached hydrogen (secondary N) is 1. The van der Waals surface area contributed by atoms with E-state index in [-0.39, 0.29) is 5.41 Å². The lowest BCUT2D eigenvalue weighted by Gasteiger charge is -2.16. The summed E-state index contributed by atoms with van der Waals surface area (Å²) in [5, 5.41) is 0. The number of nitrogens with zero attached hydrogens (tertiary/aromatic N) is 1. The van der Waals surface area contributed by atoms with Gasteiger partial charge in [-0.25, -0.2) is 4.98 Å². The fourth-order valence-corrected chi connectivity index (χ4v) is 1.86. The topological polar surface area (TPSA) is 54.7 Å². The van der Waals surface area contributed by atoms with Crippen molar-refractivity contribution in [3.05, 3.63) is 17.2 Å². The van der Waals surface area contributed by atoms with Gasteiger partial charge in [0.1, 0.15) is 5.82 Å². The lowest BCUT2D eigenvalue weighted by Crippen LogP contribution is -2.27. The first kappa shape index (κ1) is 9.71. The summed E-state index contributed by atoms with van der Waals surface area (Å²) < 4.78 is 0. The highest BCUT2D eigenvalue weighted by Crippen LogP contribution is 2.24. The number of hydrogen-bond donors (Lipinski definition) is 2. The molecule has 0 fully saturated rings. The molecule has 1 unspecified atom stereocenters. The minimum Gasteiger partial charge on any atom is -0.345 e. The molecule has 0 bridgehead atoms. The molecule has 78 valence electrons. The standard InChI is InChI=1S/C11H19N3/c1-11(2,3)10-13-8-5-4-7(12)6-9(8)14-10/h7H,4-6,12H2,1-3H3,(H,13,14). The van der Waals surface area contributed by atoms with Crippen LogP contribution in [0.3, 0.4) is 0 Å². The average molecular weight is 193 g/mol. The van der Waals surface area contributed by atoms with Crippen molar-refractivity contribution >= 4 is 0 Å². The van der Waals surface area contributed by atoms with Crippen molar-refractivity contribution < 1.29 is 0 Å². The van der Waals surface area contributed by atoms with Gasteiger partial charge >= 0.3 is 0 Å². The lowest BCUT2D eigenvalue weighted by molar-refractivity contribution is 0.550. The SMILES string of the molecule is CC(C)(C)c1nc2c([nH]1)CC(N)CC2. The summed E-state index contributed by atoms with van der Waals surface area (Å²) in [6.45, 7) is 6.53. The van der Waals surface area contributed by atoms with Crippen LogP contribution in [0.25, 0.3) is 0 Å². The van der Waals surface area contributed by atoms with Crippen LogP contribution < -0.4 is 5.73 Å². The molecule has 0 radical (unpaired) electrons. The van der Waals surface area contributed by atoms with Gasteiger partial charge in [-0.05, 0) is 12.8 Å². The first-order chi connectivity index (χ1) is 6.47. The second-order valence-corrected chi connectivity index (χ2v) is 5.26. The highest BCUT2D eigenvalue weighted by molar-refractivity contribution is 5.22. The number of H-pyrrole nitrogens is 1. The minimum absolute atomic E-state index is 0.113. The predicted molar refractivity (Wildman–Crippen MR) is 57.3 cm³/mol. The maximum atomic E-state index is 5.92. The molecule has 1 atom stereocenters. The fraction of sp³-hybridized carbons (Fsp3) is 0.727. The number of rotatable bonds is 0. The van der Waals surface area contributed by atoms with Crippen molar-refractivity contribution in [1.82, 2.24) is 9.97 Å². The molecule has 0 saturated carbocycles. The van der Waals surface area contributed by atoms with Crippen LogP contribution >= 0.6 is 0 Å². The number of aryl methyl sites for hydroxylation is 1. The van der Waals surface area contributed by atoms with E-state index in [0.29, 0.717) is 6.04 Å². The summed E-state index contributed by atoms with van der Waals surface area (Å²) in [6, 6.07) is 0.316. The molecule has 0 amide bonds. The summed E-state index contributed by atoms with van der Waals surface area (Å²) >= 11 is 0. The Kier molecular flexibility index (Phi) is 2.14. The van der Waals surface area contributed by atoms with Crippen molar-refractivity contribution in [2.75, 3.05) is 0 Å². The van der Waals surface area contributed by atoms with Gasteiger partial charge in [0.15, 0.2) is 0 Å². The Morgan fingerprint density at radius 3 is 2.79 bits per heavy atom. The molecule has 1 aliphatic carbocycles. The van der Waals surface area contributed by atoms with Crippen molar-refractivity contribution in [1.29, 1.82) is 0 Å². The Morgan fingerprint density at radius 2 is 2.14 bits per heavy atom. The van der Waals surface area contributed by atoms with E-state index in [0.717, 1.165) is 25.1 Å². The highest BCUT2D eigenvalue weighted by atomic mass is 15.0. The van der Waals surface area contributed by atoms with Gasteiger partial charge in [0, 0.05) is 23.6 Å². The molecule has 1 aliphatic rings. The van der Waals surface area contributed by atoms with Crippen LogP contribution in [-0.4, -0.2) is 16.0 Å². The monoisotopic (exact) mass is 193 g/mol. The van der Waals surface area contributed by atoms with E-state index in [2.05, 4.69) is 30.7 Å². The Hall–Kier alpha value is -0.830. The van der Waals surface area contributed by atoms with E-state index in [9.17, 15) is 0 Å². The number of nitrogens with two attached hydrogens (primary N) is 1. The Balaban J connectivity index is 2.32. The predicted octanol–water partition coefficient (Wildman–Crippen LogP) is 1.52. The second kappa shape index (κ2) is 3.09. The van der Waals surface area contributed by atoms with Crippen LogP contribution in [0, 0.1) is 0 Å². The number of aromatic amines is 1. The zero-order valence-corrected chi connectivity index (χ0v) is 9.22. The number of imidazole rings is 1. The van der Waals surface area contributed by atoms with E-state index in [4.69, 9.17) is 5.73 Å². The summed E-state index contributed by atoms with van der Waals surface area (Å²) in [4.78, 5) is 8.06. The van der Waals surface area contributed by atoms with E-state index in [1.54, 1.807) is 0 Å². The van der Waals surface area contributed by atoms with Gasteiger partial charge in [-0.15, -0.1) is 0 Å². The van der Waals surface area contributed by atoms with E-state index in [1.807, 2.05) is 0 Å². The van der Waals surface area contributed by atoms with Crippen molar-refractivity contribution in [3.8, 4) is 0 Å². The van der Waals surface area contributed by atoms with Gasteiger partial charge in [0.2, 0.25) is 0 Å². The average Bonchev–Trinajstić information content (AvgIpc) is 2.45. The summed E-state index contributed by atoms with van der Waals surface area (Å²) in [5.41, 5.74) is 8.52. The Bertz CT molecular complexity index is 333. The van der Waals surface area contributed by atoms with E-state index < -0.39 is 0 Å². The molecule has 0 spiro atoms. The van der Waals surface area contributed by atoms with E-state index >= 15 is 0 Å². The van der Waals surface area contributed by atoms with Crippen molar-refractivity contribution in [2.45, 2.75) is 51.5 Å². The second-order valence-electron chi connectivity index (χ2n) is 5.26. The fourth-order valence-electron chi connectivity index (χ4n) is 1.86. The first-order valence-electron chi connectivity index (χ1n) is 5.30. The first-order valence-corrected chi connectivity index (χ1v) is 5.30. The highest BCUT2D eigenvalue weighted by Gasteiger charge is 2.24. The lowest BCUT2D eigenvalue weighted by atomic mass is 9.96. The van der Waals surface area contributed by atoms with E-state index in [1.165, 1.54) is 11.4 Å². The van der Waals surface area contributed by atoms with Crippen LogP contribution in [0.5, 0.6) is 0 Å². The summed E-state index contributed by atoms with van der Waals surface area (Å²) in [6.07, 6.45) is 3.06. The van der Waals surface area contributed by atoms with Crippen molar-refractivity contribution in [3.63, 3.8) is 0 Å². The molecule has 1 aromatic heterocycles. The molecule has 14 heavy (non-hydrogen) atoms. The molecule has 1 aromatic rings. The smallest absolute Gasteiger partial charge is 0.111 e. The molecule has 0 saturated heterocycles. The molecular formula is C11H19N3. The van der Waals surface area contributed by atoms with Gasteiger partial charge < -0.3 is 10.7 Å². The Morgan fingerprint density at radius 1 is 1.43 bits per heavy atom. The normalized spacial score (nSPS) is 22.1. The van der Waals surface area contributed by atoms with Crippen LogP contribution in [0.15, 0.2) is 0 Å². The number of hydrogen-bond acceptors (Lipinski definition) is 2. The molecule has 3 nitrogen and oxygen atoms in total. The van der Waals surface area contributed by atoms with Gasteiger partial charge in [0.05, 0.1) is 5.69 Å². The maximum Gasteiger partial charge on any atom is 0.111 e. The zero-order valence-electron chi connectivity index (χ0n) is 9.22. The third-order valence-electron chi connectivity index (χ3n) is 2.79. The van der Waals surface area contributed by atoms with Gasteiger partial charge in [0.25, 0.3) is 0 Å². The molecule has 1 heterocycles. The molecule has 0 aromatic carbocycles. The van der Waals surface area contributed by atoms with Gasteiger partial charge in [-0.2, -0.15) is 0 Å². The molecular weight excluding hydrogens is 174 g/mol. The Labute approximate surface area is 85.1 Å². The minimum atomic E-state index is 0.113. The van der Waals surface area contributed by atoms with Crippen LogP contribution in [0.4, 0.5) is 0 Å². The quantitative estimate of drug-likeness (QED) is 0.656. The molecule has 3 N–H and O–H groups in total. The van der Waals surface area contributed by atoms with Crippen LogP contribution in [-0.2, 0) is 18.3 Å². The number of aromatic nitrogens is 2. The van der Waals surface area contributed by atoms with Gasteiger partial charge in [-0.1, -0.05) is 20.8 Å². The van der Waals surface area contributed by atoms with Crippen LogP contribution in [0.2, 0.25) is 0 Å². The third-order valence-corrected chi connectivity index (χ3v) is 2.79. The maximum absolute atomic E-state index is 5.92. The summed E-state index contributed by atoms with van der Waals surface area (Å²) in [5.74, 6) is 1.09. The molecule has 2 rings (SSSR count). The summed E-state index contributed by atoms with van der Waals surface area (Å²) in [7, 11) is 0. The zero-order chi connectivity index (χ0) is 10.3. The largest absolute Gasteiger partial charge is 0.345 e. The van der Waals surface area contributed by atoms with Crippen LogP contribution in [0.1, 0.15) is 44.4 Å². The van der Waals surface area contributed by atoms with Gasteiger partial charge in [-0.3, -0.25) is 0 Å². The molecule has 0 aliphatic heterocycles. The molecule has 3 heteroatoms. The number of fused-ring (bicyclic) bond motifs is 1. The third kappa shape index (κ3) is 1.69. The van der Waals surface area contributed by atoms with Crippen molar-refractivity contribution in [2.24, 2.45) is 5.73 Å².